The van der Waals surface area contributed by atoms with Crippen molar-refractivity contribution in [2.24, 2.45) is 0 Å². The van der Waals surface area contributed by atoms with Crippen molar-refractivity contribution in [2.45, 2.75) is 43.4 Å². The smallest absolute Gasteiger partial charge is 0.406 e. The first-order valence-electron chi connectivity index (χ1n) is 13.1. The monoisotopic (exact) mass is 590 g/mol. The van der Waals surface area contributed by atoms with E-state index in [2.05, 4.69) is 27.4 Å². The topological polar surface area (TPSA) is 92.7 Å². The first-order valence-corrected chi connectivity index (χ1v) is 14.9. The molecule has 1 amide bonds. The number of nitrogens with zero attached hydrogens (tertiary/aromatic N) is 2. The van der Waals surface area contributed by atoms with Crippen molar-refractivity contribution in [1.29, 1.82) is 0 Å². The van der Waals surface area contributed by atoms with Gasteiger partial charge >= 0.3 is 6.18 Å². The van der Waals surface area contributed by atoms with Crippen molar-refractivity contribution < 1.29 is 31.1 Å². The van der Waals surface area contributed by atoms with E-state index in [9.17, 15) is 26.4 Å². The maximum atomic E-state index is 13.4. The Labute approximate surface area is 237 Å². The van der Waals surface area contributed by atoms with Gasteiger partial charge in [0.1, 0.15) is 12.3 Å². The van der Waals surface area contributed by atoms with Crippen LogP contribution in [0.4, 0.5) is 18.9 Å². The molecule has 3 aromatic rings. The molecule has 0 bridgehead atoms. The van der Waals surface area contributed by atoms with Crippen LogP contribution in [-0.4, -0.2) is 76.1 Å². The summed E-state index contributed by atoms with van der Waals surface area (Å²) < 4.78 is 70.4. The van der Waals surface area contributed by atoms with E-state index in [0.29, 0.717) is 28.0 Å². The molecule has 1 saturated heterocycles. The second-order valence-electron chi connectivity index (χ2n) is 10.3. The number of nitrogens with one attached hydrogen (secondary N) is 2. The van der Waals surface area contributed by atoms with Gasteiger partial charge in [-0.3, -0.25) is 4.79 Å². The molecular weight excluding hydrogens is 557 g/mol. The molecule has 0 radical (unpaired) electrons. The molecule has 2 heterocycles. The molecule has 8 nitrogen and oxygen atoms in total. The van der Waals surface area contributed by atoms with Gasteiger partial charge < -0.3 is 24.8 Å². The van der Waals surface area contributed by atoms with Crippen LogP contribution < -0.4 is 15.4 Å². The maximum absolute atomic E-state index is 13.4. The molecular formula is C29H33F3N4O4S. The predicted octanol–water partition coefficient (Wildman–Crippen LogP) is 4.21. The fraction of sp³-hybridized carbons (Fsp3) is 0.414. The summed E-state index contributed by atoms with van der Waals surface area (Å²) in [5.74, 6) is 5.94. The number of amides is 1. The second-order valence-corrected chi connectivity index (χ2v) is 12.3. The Balaban J connectivity index is 1.66. The number of likely N-dealkylation sites (tertiary alicyclic amines) is 1. The minimum atomic E-state index is -4.44. The molecule has 1 aliphatic heterocycles. The molecule has 1 aliphatic rings. The third kappa shape index (κ3) is 7.54. The molecule has 0 atom stereocenters. The molecule has 1 aromatic heterocycles. The molecule has 4 rings (SSSR count). The highest BCUT2D eigenvalue weighted by molar-refractivity contribution is 7.90. The van der Waals surface area contributed by atoms with Crippen LogP contribution in [0.1, 0.15) is 34.3 Å². The number of fused-ring (bicyclic) bond motifs is 1. The fourth-order valence-corrected chi connectivity index (χ4v) is 5.62. The molecule has 0 spiro atoms. The van der Waals surface area contributed by atoms with E-state index in [4.69, 9.17) is 4.74 Å². The first-order chi connectivity index (χ1) is 19.2. The Morgan fingerprint density at radius 3 is 2.51 bits per heavy atom. The molecule has 1 fully saturated rings. The van der Waals surface area contributed by atoms with Crippen molar-refractivity contribution in [3.8, 4) is 17.6 Å². The van der Waals surface area contributed by atoms with Crippen molar-refractivity contribution in [3.05, 3.63) is 53.2 Å². The number of aromatic nitrogens is 1. The molecule has 12 heteroatoms. The van der Waals surface area contributed by atoms with E-state index in [1.165, 1.54) is 31.5 Å². The van der Waals surface area contributed by atoms with E-state index in [-0.39, 0.29) is 34.5 Å². The van der Waals surface area contributed by atoms with E-state index in [0.717, 1.165) is 36.8 Å². The normalized spacial score (nSPS) is 14.9. The molecule has 2 N–H and O–H groups in total. The predicted molar refractivity (Wildman–Crippen MR) is 152 cm³/mol. The average molecular weight is 591 g/mol. The summed E-state index contributed by atoms with van der Waals surface area (Å²) in [6.45, 7) is 2.27. The van der Waals surface area contributed by atoms with Crippen LogP contribution in [0.25, 0.3) is 10.9 Å². The zero-order valence-corrected chi connectivity index (χ0v) is 24.2. The van der Waals surface area contributed by atoms with Crippen LogP contribution in [0, 0.1) is 18.8 Å². The van der Waals surface area contributed by atoms with Crippen LogP contribution in [-0.2, 0) is 16.4 Å². The van der Waals surface area contributed by atoms with E-state index in [1.54, 1.807) is 19.1 Å². The lowest BCUT2D eigenvalue weighted by Gasteiger charge is -2.29. The van der Waals surface area contributed by atoms with Crippen LogP contribution in [0.15, 0.2) is 41.4 Å². The number of benzene rings is 2. The van der Waals surface area contributed by atoms with Gasteiger partial charge in [0.15, 0.2) is 9.84 Å². The van der Waals surface area contributed by atoms with Gasteiger partial charge in [-0.2, -0.15) is 13.2 Å². The van der Waals surface area contributed by atoms with Crippen molar-refractivity contribution >= 4 is 32.3 Å². The maximum Gasteiger partial charge on any atom is 0.406 e. The highest BCUT2D eigenvalue weighted by atomic mass is 32.2. The molecule has 41 heavy (non-hydrogen) atoms. The quantitative estimate of drug-likeness (QED) is 0.401. The van der Waals surface area contributed by atoms with Gasteiger partial charge in [0.2, 0.25) is 0 Å². The second kappa shape index (κ2) is 12.0. The number of hydrogen-bond donors (Lipinski definition) is 2. The van der Waals surface area contributed by atoms with Crippen LogP contribution in [0.2, 0.25) is 0 Å². The fourth-order valence-electron chi connectivity index (χ4n) is 4.97. The summed E-state index contributed by atoms with van der Waals surface area (Å²) in [6.07, 6.45) is -0.362. The number of ether oxygens (including phenoxy) is 1. The number of hydrogen-bond acceptors (Lipinski definition) is 6. The van der Waals surface area contributed by atoms with Crippen LogP contribution >= 0.6 is 0 Å². The van der Waals surface area contributed by atoms with Gasteiger partial charge in [-0.1, -0.05) is 11.8 Å². The number of anilines is 1. The van der Waals surface area contributed by atoms with E-state index in [1.807, 2.05) is 7.05 Å². The van der Waals surface area contributed by atoms with Crippen LogP contribution in [0.3, 0.4) is 0 Å². The first kappa shape index (κ1) is 30.3. The summed E-state index contributed by atoms with van der Waals surface area (Å²) in [7, 11) is 0.0331. The number of sulfone groups is 1. The van der Waals surface area contributed by atoms with Crippen molar-refractivity contribution in [3.63, 3.8) is 0 Å². The summed E-state index contributed by atoms with van der Waals surface area (Å²) in [5.41, 5.74) is 1.92. The molecule has 0 saturated carbocycles. The number of rotatable bonds is 7. The molecule has 2 aromatic carbocycles. The highest BCUT2D eigenvalue weighted by Crippen LogP contribution is 2.30. The van der Waals surface area contributed by atoms with Gasteiger partial charge in [-0.25, -0.2) is 8.42 Å². The zero-order chi connectivity index (χ0) is 29.9. The number of alkyl halides is 3. The largest absolute Gasteiger partial charge is 0.495 e. The standard InChI is InChI=1S/C29H33F3N4O4S/c1-19-17-36(18-29(30,31)32)25-15-20(14-23(27(19)25)28(37)34-21-9-12-35(2)13-10-21)6-5-11-33-24-16-22(41(4,38)39)7-8-26(24)40-3/h7-8,14-17,21,33H,9-13,18H2,1-4H3,(H,34,37). The lowest BCUT2D eigenvalue weighted by molar-refractivity contribution is -0.139. The summed E-state index contributed by atoms with van der Waals surface area (Å²) >= 11 is 0. The van der Waals surface area contributed by atoms with Crippen LogP contribution in [0.5, 0.6) is 5.75 Å². The molecule has 0 aliphatic carbocycles. The molecule has 220 valence electrons. The van der Waals surface area contributed by atoms with Gasteiger partial charge in [-0.05, 0) is 75.8 Å². The Bertz CT molecular complexity index is 1610. The summed E-state index contributed by atoms with van der Waals surface area (Å²) in [6, 6.07) is 7.56. The van der Waals surface area contributed by atoms with Crippen molar-refractivity contribution in [1.82, 2.24) is 14.8 Å². The molecule has 0 unspecified atom stereocenters. The van der Waals surface area contributed by atoms with Gasteiger partial charge in [0.05, 0.1) is 35.3 Å². The minimum Gasteiger partial charge on any atom is -0.495 e. The highest BCUT2D eigenvalue weighted by Gasteiger charge is 2.30. The Hall–Kier alpha value is -3.69. The summed E-state index contributed by atoms with van der Waals surface area (Å²) in [4.78, 5) is 15.7. The third-order valence-electron chi connectivity index (χ3n) is 7.02. The number of piperidine rings is 1. The number of halogens is 3. The SMILES string of the molecule is COc1ccc(S(C)(=O)=O)cc1NCC#Cc1cc(C(=O)NC2CCN(C)CC2)c2c(C)cn(CC(F)(F)F)c2c1. The average Bonchev–Trinajstić information content (AvgIpc) is 3.20. The number of methoxy groups -OCH3 is 1. The van der Waals surface area contributed by atoms with Gasteiger partial charge in [-0.15, -0.1) is 0 Å². The van der Waals surface area contributed by atoms with E-state index < -0.39 is 22.6 Å². The van der Waals surface area contributed by atoms with E-state index >= 15 is 0 Å². The Morgan fingerprint density at radius 1 is 1.17 bits per heavy atom. The third-order valence-corrected chi connectivity index (χ3v) is 8.13. The summed E-state index contributed by atoms with van der Waals surface area (Å²) in [5, 5.41) is 6.55. The Kier molecular flexibility index (Phi) is 8.89. The van der Waals surface area contributed by atoms with Crippen molar-refractivity contribution in [2.75, 3.05) is 45.4 Å². The number of carbonyl (C=O) groups excluding carboxylic acids is 1. The lowest BCUT2D eigenvalue weighted by Crippen LogP contribution is -2.43. The number of aryl methyl sites for hydroxylation is 1. The van der Waals surface area contributed by atoms with Gasteiger partial charge in [0, 0.05) is 29.4 Å². The lowest BCUT2D eigenvalue weighted by atomic mass is 10.0. The number of carbonyl (C=O) groups is 1. The Morgan fingerprint density at radius 2 is 1.88 bits per heavy atom. The zero-order valence-electron chi connectivity index (χ0n) is 23.4. The minimum absolute atomic E-state index is 0.0251. The van der Waals surface area contributed by atoms with Gasteiger partial charge in [0.25, 0.3) is 5.91 Å².